The number of ether oxygens (including phenoxy) is 1. The summed E-state index contributed by atoms with van der Waals surface area (Å²) in [5, 5.41) is 5.66. The molecule has 0 saturated carbocycles. The van der Waals surface area contributed by atoms with E-state index in [1.807, 2.05) is 0 Å². The van der Waals surface area contributed by atoms with E-state index in [2.05, 4.69) is 10.6 Å². The molecule has 1 aliphatic rings. The summed E-state index contributed by atoms with van der Waals surface area (Å²) in [6, 6.07) is 7.81. The van der Waals surface area contributed by atoms with Gasteiger partial charge in [0.2, 0.25) is 5.91 Å². The number of rotatable bonds is 3. The van der Waals surface area contributed by atoms with Crippen molar-refractivity contribution >= 4 is 28.7 Å². The Hall–Kier alpha value is -2.76. The maximum absolute atomic E-state index is 13.8. The zero-order valence-electron chi connectivity index (χ0n) is 11.4. The highest BCUT2D eigenvalue weighted by Gasteiger charge is 2.19. The highest BCUT2D eigenvalue weighted by molar-refractivity contribution is 6.01. The number of carbonyl (C=O) groups is 1. The SMILES string of the molecule is COc1ccc(F)c(Nc2cc3c(cc2N)CC(=O)N3)c1. The second kappa shape index (κ2) is 4.97. The van der Waals surface area contributed by atoms with Gasteiger partial charge in [-0.2, -0.15) is 0 Å². The third-order valence-electron chi connectivity index (χ3n) is 3.34. The number of nitrogens with one attached hydrogen (secondary N) is 2. The summed E-state index contributed by atoms with van der Waals surface area (Å²) in [7, 11) is 1.51. The van der Waals surface area contributed by atoms with Crippen LogP contribution in [-0.4, -0.2) is 13.0 Å². The van der Waals surface area contributed by atoms with E-state index in [0.29, 0.717) is 29.2 Å². The van der Waals surface area contributed by atoms with Gasteiger partial charge < -0.3 is 21.1 Å². The lowest BCUT2D eigenvalue weighted by molar-refractivity contribution is -0.115. The molecule has 0 atom stereocenters. The van der Waals surface area contributed by atoms with E-state index in [1.165, 1.54) is 19.2 Å². The van der Waals surface area contributed by atoms with E-state index in [-0.39, 0.29) is 11.6 Å². The molecule has 1 amide bonds. The fraction of sp³-hybridized carbons (Fsp3) is 0.133. The Balaban J connectivity index is 1.96. The van der Waals surface area contributed by atoms with Crippen LogP contribution in [0.15, 0.2) is 30.3 Å². The number of methoxy groups -OCH3 is 1. The largest absolute Gasteiger partial charge is 0.497 e. The topological polar surface area (TPSA) is 76.4 Å². The van der Waals surface area contributed by atoms with Crippen molar-refractivity contribution in [3.05, 3.63) is 41.7 Å². The highest BCUT2D eigenvalue weighted by atomic mass is 19.1. The van der Waals surface area contributed by atoms with Crippen LogP contribution in [0.3, 0.4) is 0 Å². The van der Waals surface area contributed by atoms with Gasteiger partial charge in [0.25, 0.3) is 0 Å². The molecule has 4 N–H and O–H groups in total. The molecule has 0 radical (unpaired) electrons. The van der Waals surface area contributed by atoms with Gasteiger partial charge in [-0.1, -0.05) is 0 Å². The van der Waals surface area contributed by atoms with Gasteiger partial charge in [-0.3, -0.25) is 4.79 Å². The fourth-order valence-electron chi connectivity index (χ4n) is 2.27. The van der Waals surface area contributed by atoms with Crippen LogP contribution < -0.4 is 21.1 Å². The summed E-state index contributed by atoms with van der Waals surface area (Å²) in [6.45, 7) is 0. The number of anilines is 4. The number of nitrogens with two attached hydrogens (primary N) is 1. The van der Waals surface area contributed by atoms with Gasteiger partial charge in [0, 0.05) is 11.8 Å². The Morgan fingerprint density at radius 1 is 1.29 bits per heavy atom. The van der Waals surface area contributed by atoms with Gasteiger partial charge in [0.15, 0.2) is 0 Å². The third kappa shape index (κ3) is 2.47. The molecule has 1 heterocycles. The molecular weight excluding hydrogens is 273 g/mol. The minimum Gasteiger partial charge on any atom is -0.497 e. The third-order valence-corrected chi connectivity index (χ3v) is 3.34. The summed E-state index contributed by atoms with van der Waals surface area (Å²) in [4.78, 5) is 11.4. The molecule has 0 unspecified atom stereocenters. The quantitative estimate of drug-likeness (QED) is 0.759. The van der Waals surface area contributed by atoms with Gasteiger partial charge in [0.05, 0.1) is 30.6 Å². The van der Waals surface area contributed by atoms with Gasteiger partial charge in [-0.25, -0.2) is 4.39 Å². The molecule has 2 aromatic carbocycles. The number of fused-ring (bicyclic) bond motifs is 1. The standard InChI is InChI=1S/C15H14FN3O2/c1-21-9-2-3-10(16)13(6-9)18-14-7-12-8(4-11(14)17)5-15(20)19-12/h2-4,6-7,18H,5,17H2,1H3,(H,19,20). The second-order valence-corrected chi connectivity index (χ2v) is 4.79. The lowest BCUT2D eigenvalue weighted by Gasteiger charge is -2.13. The van der Waals surface area contributed by atoms with Crippen LogP contribution in [0, 0.1) is 5.82 Å². The second-order valence-electron chi connectivity index (χ2n) is 4.79. The highest BCUT2D eigenvalue weighted by Crippen LogP contribution is 2.34. The number of amides is 1. The van der Waals surface area contributed by atoms with Crippen LogP contribution in [-0.2, 0) is 11.2 Å². The van der Waals surface area contributed by atoms with Crippen LogP contribution in [0.4, 0.5) is 27.1 Å². The Morgan fingerprint density at radius 3 is 2.86 bits per heavy atom. The Labute approximate surface area is 120 Å². The lowest BCUT2D eigenvalue weighted by Crippen LogP contribution is -2.03. The average molecular weight is 287 g/mol. The maximum Gasteiger partial charge on any atom is 0.228 e. The summed E-state index contributed by atoms with van der Waals surface area (Å²) in [5.41, 5.74) is 8.73. The first kappa shape index (κ1) is 13.2. The van der Waals surface area contributed by atoms with Crippen LogP contribution >= 0.6 is 0 Å². The normalized spacial score (nSPS) is 12.8. The molecular formula is C15H14FN3O2. The van der Waals surface area contributed by atoms with Crippen LogP contribution in [0.5, 0.6) is 5.75 Å². The zero-order chi connectivity index (χ0) is 15.0. The summed E-state index contributed by atoms with van der Waals surface area (Å²) in [6.07, 6.45) is 0.313. The van der Waals surface area contributed by atoms with E-state index >= 15 is 0 Å². The first-order chi connectivity index (χ1) is 10.1. The van der Waals surface area contributed by atoms with Crippen molar-refractivity contribution in [3.63, 3.8) is 0 Å². The van der Waals surface area contributed by atoms with Gasteiger partial charge in [-0.15, -0.1) is 0 Å². The van der Waals surface area contributed by atoms with E-state index in [4.69, 9.17) is 10.5 Å². The average Bonchev–Trinajstić information content (AvgIpc) is 2.80. The Kier molecular flexibility index (Phi) is 3.13. The van der Waals surface area contributed by atoms with Crippen LogP contribution in [0.1, 0.15) is 5.56 Å². The molecule has 0 aliphatic carbocycles. The van der Waals surface area contributed by atoms with E-state index < -0.39 is 5.82 Å². The molecule has 0 bridgehead atoms. The number of hydrogen-bond acceptors (Lipinski definition) is 4. The number of benzene rings is 2. The van der Waals surface area contributed by atoms with Gasteiger partial charge in [0.1, 0.15) is 11.6 Å². The van der Waals surface area contributed by atoms with Crippen molar-refractivity contribution in [2.45, 2.75) is 6.42 Å². The monoisotopic (exact) mass is 287 g/mol. The summed E-state index contributed by atoms with van der Waals surface area (Å²) < 4.78 is 18.9. The first-order valence-electron chi connectivity index (χ1n) is 6.39. The predicted octanol–water partition coefficient (Wildman–Crippen LogP) is 2.65. The summed E-state index contributed by atoms with van der Waals surface area (Å²) >= 11 is 0. The van der Waals surface area contributed by atoms with Crippen molar-refractivity contribution < 1.29 is 13.9 Å². The first-order valence-corrected chi connectivity index (χ1v) is 6.39. The molecule has 0 fully saturated rings. The number of halogens is 1. The molecule has 0 aromatic heterocycles. The van der Waals surface area contributed by atoms with Crippen molar-refractivity contribution in [2.24, 2.45) is 0 Å². The molecule has 21 heavy (non-hydrogen) atoms. The molecule has 0 spiro atoms. The number of hydrogen-bond donors (Lipinski definition) is 3. The van der Waals surface area contributed by atoms with E-state index in [0.717, 1.165) is 5.56 Å². The van der Waals surface area contributed by atoms with E-state index in [1.54, 1.807) is 18.2 Å². The fourth-order valence-corrected chi connectivity index (χ4v) is 2.27. The van der Waals surface area contributed by atoms with Gasteiger partial charge in [-0.05, 0) is 29.8 Å². The van der Waals surface area contributed by atoms with Crippen LogP contribution in [0.2, 0.25) is 0 Å². The minimum absolute atomic E-state index is 0.0749. The van der Waals surface area contributed by atoms with Crippen molar-refractivity contribution in [3.8, 4) is 5.75 Å². The maximum atomic E-state index is 13.8. The van der Waals surface area contributed by atoms with E-state index in [9.17, 15) is 9.18 Å². The molecule has 108 valence electrons. The number of nitrogen functional groups attached to an aromatic ring is 1. The lowest BCUT2D eigenvalue weighted by atomic mass is 10.1. The zero-order valence-corrected chi connectivity index (χ0v) is 11.4. The van der Waals surface area contributed by atoms with Crippen LogP contribution in [0.25, 0.3) is 0 Å². The predicted molar refractivity (Wildman–Crippen MR) is 79.4 cm³/mol. The molecule has 2 aromatic rings. The van der Waals surface area contributed by atoms with Crippen molar-refractivity contribution in [1.82, 2.24) is 0 Å². The summed E-state index contributed by atoms with van der Waals surface area (Å²) in [5.74, 6) is 0.0424. The smallest absolute Gasteiger partial charge is 0.228 e. The molecule has 0 saturated heterocycles. The number of carbonyl (C=O) groups excluding carboxylic acids is 1. The van der Waals surface area contributed by atoms with Crippen molar-refractivity contribution in [2.75, 3.05) is 23.5 Å². The molecule has 6 heteroatoms. The van der Waals surface area contributed by atoms with Crippen molar-refractivity contribution in [1.29, 1.82) is 0 Å². The Bertz CT molecular complexity index is 731. The molecule has 1 aliphatic heterocycles. The Morgan fingerprint density at radius 2 is 2.10 bits per heavy atom. The van der Waals surface area contributed by atoms with Gasteiger partial charge >= 0.3 is 0 Å². The minimum atomic E-state index is -0.417. The molecule has 3 rings (SSSR count). The molecule has 5 nitrogen and oxygen atoms in total.